The van der Waals surface area contributed by atoms with Gasteiger partial charge in [0.2, 0.25) is 5.71 Å². The first-order chi connectivity index (χ1) is 17.9. The third-order valence-electron chi connectivity index (χ3n) is 7.22. The molecule has 0 saturated heterocycles. The van der Waals surface area contributed by atoms with E-state index in [-0.39, 0.29) is 0 Å². The van der Waals surface area contributed by atoms with Crippen molar-refractivity contribution in [2.75, 3.05) is 0 Å². The first-order valence-corrected chi connectivity index (χ1v) is 12.2. The minimum Gasteiger partial charge on any atom is -0.438 e. The van der Waals surface area contributed by atoms with E-state index in [1.54, 1.807) is 0 Å². The van der Waals surface area contributed by atoms with Gasteiger partial charge in [-0.3, -0.25) is 0 Å². The van der Waals surface area contributed by atoms with Crippen LogP contribution in [0.25, 0.3) is 71.6 Å². The molecule has 0 fully saturated rings. The topological polar surface area (TPSA) is 31.0 Å². The molecule has 0 spiro atoms. The van der Waals surface area contributed by atoms with E-state index in [1.165, 1.54) is 21.8 Å². The predicted octanol–water partition coefficient (Wildman–Crippen LogP) is 8.90. The van der Waals surface area contributed by atoms with Crippen LogP contribution in [0.4, 0.5) is 0 Å². The first-order valence-electron chi connectivity index (χ1n) is 12.2. The number of furan rings is 1. The smallest absolute Gasteiger partial charge is 0.228 e. The Labute approximate surface area is 206 Å². The molecule has 0 saturated carbocycles. The molecule has 0 aliphatic carbocycles. The monoisotopic (exact) mass is 460 g/mol. The van der Waals surface area contributed by atoms with Crippen molar-refractivity contribution in [3.63, 3.8) is 0 Å². The second-order valence-corrected chi connectivity index (χ2v) is 9.20. The lowest BCUT2D eigenvalue weighted by molar-refractivity contribution is 0.656. The highest BCUT2D eigenvalue weighted by Crippen LogP contribution is 2.40. The average molecular weight is 461 g/mol. The van der Waals surface area contributed by atoms with E-state index in [9.17, 15) is 0 Å². The molecular formula is C33H20N2O. The molecule has 8 rings (SSSR count). The minimum absolute atomic E-state index is 0.677. The Balaban J connectivity index is 1.41. The zero-order chi connectivity index (χ0) is 23.6. The largest absolute Gasteiger partial charge is 0.438 e. The molecule has 0 amide bonds. The summed E-state index contributed by atoms with van der Waals surface area (Å²) in [5, 5.41) is 5.81. The van der Waals surface area contributed by atoms with Crippen molar-refractivity contribution in [2.24, 2.45) is 0 Å². The van der Waals surface area contributed by atoms with Gasteiger partial charge in [-0.15, -0.1) is 0 Å². The van der Waals surface area contributed by atoms with Gasteiger partial charge in [-0.1, -0.05) is 84.9 Å². The number of rotatable bonds is 2. The van der Waals surface area contributed by atoms with Gasteiger partial charge in [0.1, 0.15) is 5.58 Å². The van der Waals surface area contributed by atoms with E-state index in [0.29, 0.717) is 5.71 Å². The van der Waals surface area contributed by atoms with Crippen LogP contribution >= 0.6 is 0 Å². The molecule has 3 heteroatoms. The van der Waals surface area contributed by atoms with Gasteiger partial charge in [0.05, 0.1) is 21.9 Å². The van der Waals surface area contributed by atoms with Crippen LogP contribution in [0, 0.1) is 0 Å². The number of pyridine rings is 1. The Morgan fingerprint density at radius 2 is 1.11 bits per heavy atom. The summed E-state index contributed by atoms with van der Waals surface area (Å²) >= 11 is 0. The van der Waals surface area contributed by atoms with E-state index >= 15 is 0 Å². The van der Waals surface area contributed by atoms with Gasteiger partial charge in [-0.05, 0) is 42.0 Å². The zero-order valence-corrected chi connectivity index (χ0v) is 19.3. The number of nitrogens with zero attached hydrogens (tertiary/aromatic N) is 2. The molecule has 0 aliphatic rings. The van der Waals surface area contributed by atoms with Crippen molar-refractivity contribution in [1.82, 2.24) is 9.55 Å². The highest BCUT2D eigenvalue weighted by Gasteiger charge is 2.18. The van der Waals surface area contributed by atoms with E-state index in [0.717, 1.165) is 44.1 Å². The summed E-state index contributed by atoms with van der Waals surface area (Å²) in [6, 6.07) is 42.6. The van der Waals surface area contributed by atoms with Crippen molar-refractivity contribution in [3.05, 3.63) is 121 Å². The van der Waals surface area contributed by atoms with Crippen LogP contribution in [0.15, 0.2) is 126 Å². The van der Waals surface area contributed by atoms with Crippen LogP contribution in [0.3, 0.4) is 0 Å². The second-order valence-electron chi connectivity index (χ2n) is 9.20. The van der Waals surface area contributed by atoms with Crippen LogP contribution in [-0.2, 0) is 0 Å². The lowest BCUT2D eigenvalue weighted by atomic mass is 9.96. The number of hydrogen-bond acceptors (Lipinski definition) is 2. The van der Waals surface area contributed by atoms with Gasteiger partial charge in [0.15, 0.2) is 0 Å². The lowest BCUT2D eigenvalue weighted by Crippen LogP contribution is -1.94. The number of hydrogen-bond donors (Lipinski definition) is 0. The van der Waals surface area contributed by atoms with Crippen molar-refractivity contribution < 1.29 is 4.42 Å². The Hall–Kier alpha value is -4.89. The van der Waals surface area contributed by atoms with E-state index in [1.807, 2.05) is 18.2 Å². The highest BCUT2D eigenvalue weighted by molar-refractivity contribution is 6.18. The third-order valence-corrected chi connectivity index (χ3v) is 7.22. The fraction of sp³-hybridized carbons (Fsp3) is 0. The van der Waals surface area contributed by atoms with Gasteiger partial charge in [-0.25, -0.2) is 4.98 Å². The lowest BCUT2D eigenvalue weighted by Gasteiger charge is -2.12. The third kappa shape index (κ3) is 2.65. The molecule has 5 aromatic carbocycles. The Morgan fingerprint density at radius 3 is 1.83 bits per heavy atom. The van der Waals surface area contributed by atoms with Gasteiger partial charge in [0, 0.05) is 32.8 Å². The molecule has 0 atom stereocenters. The van der Waals surface area contributed by atoms with Gasteiger partial charge in [-0.2, -0.15) is 0 Å². The van der Waals surface area contributed by atoms with Crippen LogP contribution in [0.1, 0.15) is 0 Å². The molecule has 8 aromatic rings. The first kappa shape index (κ1) is 19.4. The van der Waals surface area contributed by atoms with E-state index < -0.39 is 0 Å². The molecule has 3 aromatic heterocycles. The Morgan fingerprint density at radius 1 is 0.528 bits per heavy atom. The van der Waals surface area contributed by atoms with Crippen LogP contribution in [-0.4, -0.2) is 9.55 Å². The molecule has 36 heavy (non-hydrogen) atoms. The molecule has 0 radical (unpaired) electrons. The summed E-state index contributed by atoms with van der Waals surface area (Å²) in [5.41, 5.74) is 8.35. The van der Waals surface area contributed by atoms with Crippen LogP contribution in [0.5, 0.6) is 0 Å². The summed E-state index contributed by atoms with van der Waals surface area (Å²) in [4.78, 5) is 4.86. The average Bonchev–Trinajstić information content (AvgIpc) is 3.47. The van der Waals surface area contributed by atoms with Crippen molar-refractivity contribution >= 4 is 54.8 Å². The summed E-state index contributed by atoms with van der Waals surface area (Å²) in [6.45, 7) is 0. The molecule has 0 unspecified atom stereocenters. The fourth-order valence-corrected chi connectivity index (χ4v) is 5.66. The second kappa shape index (κ2) is 7.30. The van der Waals surface area contributed by atoms with Crippen molar-refractivity contribution in [3.8, 4) is 16.8 Å². The number of para-hydroxylation sites is 4. The molecule has 0 N–H and O–H groups in total. The number of fused-ring (bicyclic) bond motifs is 7. The maximum atomic E-state index is 6.19. The minimum atomic E-state index is 0.677. The zero-order valence-electron chi connectivity index (χ0n) is 19.3. The normalized spacial score (nSPS) is 11.9. The molecule has 0 bridgehead atoms. The van der Waals surface area contributed by atoms with Crippen molar-refractivity contribution in [1.29, 1.82) is 0 Å². The van der Waals surface area contributed by atoms with E-state index in [4.69, 9.17) is 9.40 Å². The quantitative estimate of drug-likeness (QED) is 0.258. The highest BCUT2D eigenvalue weighted by atomic mass is 16.3. The SMILES string of the molecule is c1ccc2c(-c3ccc(-n4c5ccccc5c5ccccc54)cc3)c3c(nc2c1)oc1ccccc13. The van der Waals surface area contributed by atoms with Crippen LogP contribution in [0.2, 0.25) is 0 Å². The predicted molar refractivity (Wildman–Crippen MR) is 149 cm³/mol. The standard InChI is InChI=1S/C33H20N2O/c1-5-13-27-25(11-1)31(32-26-12-4-8-16-30(26)36-33(32)34-27)21-17-19-22(20-18-21)35-28-14-6-2-9-23(28)24-10-3-7-15-29(24)35/h1-20H. The molecular weight excluding hydrogens is 440 g/mol. The van der Waals surface area contributed by atoms with Crippen LogP contribution < -0.4 is 0 Å². The van der Waals surface area contributed by atoms with Gasteiger partial charge < -0.3 is 8.98 Å². The summed E-state index contributed by atoms with van der Waals surface area (Å²) in [6.07, 6.45) is 0. The maximum Gasteiger partial charge on any atom is 0.228 e. The van der Waals surface area contributed by atoms with Gasteiger partial charge >= 0.3 is 0 Å². The Bertz CT molecular complexity index is 2040. The Kier molecular flexibility index (Phi) is 3.94. The molecule has 3 nitrogen and oxygen atoms in total. The summed E-state index contributed by atoms with van der Waals surface area (Å²) in [5.74, 6) is 0. The molecule has 0 aliphatic heterocycles. The maximum absolute atomic E-state index is 6.19. The van der Waals surface area contributed by atoms with Gasteiger partial charge in [0.25, 0.3) is 0 Å². The van der Waals surface area contributed by atoms with E-state index in [2.05, 4.69) is 108 Å². The summed E-state index contributed by atoms with van der Waals surface area (Å²) < 4.78 is 8.54. The summed E-state index contributed by atoms with van der Waals surface area (Å²) in [7, 11) is 0. The van der Waals surface area contributed by atoms with Crippen molar-refractivity contribution in [2.45, 2.75) is 0 Å². The number of benzene rings is 5. The molecule has 3 heterocycles. The molecule has 168 valence electrons. The fourth-order valence-electron chi connectivity index (χ4n) is 5.66. The number of aromatic nitrogens is 2.